The number of nitrogens with zero attached hydrogens (tertiary/aromatic N) is 1. The lowest BCUT2D eigenvalue weighted by Crippen LogP contribution is -2.38. The van der Waals surface area contributed by atoms with Crippen LogP contribution in [0.4, 0.5) is 0 Å². The third kappa shape index (κ3) is 3.97. The molecule has 1 aliphatic heterocycles. The number of carbonyl (C=O) groups is 2. The van der Waals surface area contributed by atoms with Gasteiger partial charge in [-0.2, -0.15) is 0 Å². The zero-order valence-corrected chi connectivity index (χ0v) is 13.9. The molecule has 2 amide bonds. The maximum Gasteiger partial charge on any atom is 0.246 e. The molecule has 1 unspecified atom stereocenters. The van der Waals surface area contributed by atoms with E-state index in [2.05, 4.69) is 21.2 Å². The fraction of sp³-hybridized carbons (Fsp3) is 0.412. The predicted octanol–water partition coefficient (Wildman–Crippen LogP) is 2.59. The molecule has 1 aromatic rings. The molecule has 1 saturated heterocycles. The van der Waals surface area contributed by atoms with E-state index in [1.807, 2.05) is 30.3 Å². The number of rotatable bonds is 4. The van der Waals surface area contributed by atoms with Gasteiger partial charge in [0.2, 0.25) is 11.8 Å². The van der Waals surface area contributed by atoms with Crippen molar-refractivity contribution in [1.29, 1.82) is 0 Å². The highest BCUT2D eigenvalue weighted by atomic mass is 79.9. The third-order valence-corrected chi connectivity index (χ3v) is 4.61. The first-order valence-corrected chi connectivity index (χ1v) is 8.44. The Kier molecular flexibility index (Phi) is 4.62. The fourth-order valence-corrected chi connectivity index (χ4v) is 2.85. The molecule has 2 aliphatic rings. The van der Waals surface area contributed by atoms with Crippen LogP contribution in [0.2, 0.25) is 0 Å². The lowest BCUT2D eigenvalue weighted by molar-refractivity contribution is -0.126. The van der Waals surface area contributed by atoms with Crippen LogP contribution in [0, 0.1) is 5.92 Å². The van der Waals surface area contributed by atoms with Crippen molar-refractivity contribution in [2.24, 2.45) is 5.92 Å². The Labute approximate surface area is 138 Å². The van der Waals surface area contributed by atoms with Crippen molar-refractivity contribution in [2.75, 3.05) is 13.1 Å². The average Bonchev–Trinajstić information content (AvgIpc) is 3.27. The van der Waals surface area contributed by atoms with E-state index in [1.165, 1.54) is 0 Å². The molecular formula is C17H19BrN2O2. The van der Waals surface area contributed by atoms with Crippen molar-refractivity contribution in [3.63, 3.8) is 0 Å². The molecule has 5 heteroatoms. The zero-order chi connectivity index (χ0) is 15.5. The lowest BCUT2D eigenvalue weighted by atomic mass is 10.2. The molecule has 2 fully saturated rings. The quantitative estimate of drug-likeness (QED) is 0.836. The standard InChI is InChI=1S/C17H19BrN2O2/c18-14-6-1-12(2-7-14)3-8-16(21)20-10-9-15(11-20)19-17(22)13-4-5-13/h1-3,6-8,13,15H,4-5,9-11H2,(H,19,22)/b8-3+. The second-order valence-corrected chi connectivity index (χ2v) is 6.85. The summed E-state index contributed by atoms with van der Waals surface area (Å²) in [5, 5.41) is 3.04. The zero-order valence-electron chi connectivity index (χ0n) is 12.3. The highest BCUT2D eigenvalue weighted by Crippen LogP contribution is 2.29. The average molecular weight is 363 g/mol. The Balaban J connectivity index is 1.50. The molecule has 0 aromatic heterocycles. The van der Waals surface area contributed by atoms with Gasteiger partial charge in [-0.3, -0.25) is 9.59 Å². The Bertz CT molecular complexity index is 593. The summed E-state index contributed by atoms with van der Waals surface area (Å²) in [6, 6.07) is 7.91. The molecule has 1 saturated carbocycles. The van der Waals surface area contributed by atoms with Crippen LogP contribution in [0.15, 0.2) is 34.8 Å². The minimum absolute atomic E-state index is 0.00564. The third-order valence-electron chi connectivity index (χ3n) is 4.08. The van der Waals surface area contributed by atoms with Crippen LogP contribution in [-0.2, 0) is 9.59 Å². The van der Waals surface area contributed by atoms with E-state index in [0.29, 0.717) is 13.1 Å². The van der Waals surface area contributed by atoms with E-state index < -0.39 is 0 Å². The number of amides is 2. The van der Waals surface area contributed by atoms with E-state index in [4.69, 9.17) is 0 Å². The molecule has 0 radical (unpaired) electrons. The number of likely N-dealkylation sites (tertiary alicyclic amines) is 1. The van der Waals surface area contributed by atoms with Crippen molar-refractivity contribution in [3.05, 3.63) is 40.4 Å². The first kappa shape index (κ1) is 15.3. The Morgan fingerprint density at radius 1 is 1.18 bits per heavy atom. The minimum Gasteiger partial charge on any atom is -0.351 e. The van der Waals surface area contributed by atoms with E-state index in [9.17, 15) is 9.59 Å². The molecule has 116 valence electrons. The van der Waals surface area contributed by atoms with E-state index in [0.717, 1.165) is 29.3 Å². The van der Waals surface area contributed by atoms with Gasteiger partial charge >= 0.3 is 0 Å². The predicted molar refractivity (Wildman–Crippen MR) is 89.0 cm³/mol. The van der Waals surface area contributed by atoms with Crippen molar-refractivity contribution >= 4 is 33.8 Å². The summed E-state index contributed by atoms with van der Waals surface area (Å²) in [4.78, 5) is 25.7. The Morgan fingerprint density at radius 2 is 1.91 bits per heavy atom. The van der Waals surface area contributed by atoms with Gasteiger partial charge in [0.1, 0.15) is 0 Å². The SMILES string of the molecule is O=C(NC1CCN(C(=O)/C=C/c2ccc(Br)cc2)C1)C1CC1. The van der Waals surface area contributed by atoms with Gasteiger partial charge < -0.3 is 10.2 Å². The van der Waals surface area contributed by atoms with E-state index >= 15 is 0 Å². The number of hydrogen-bond donors (Lipinski definition) is 1. The van der Waals surface area contributed by atoms with Crippen LogP contribution in [-0.4, -0.2) is 35.8 Å². The van der Waals surface area contributed by atoms with Crippen LogP contribution in [0.3, 0.4) is 0 Å². The van der Waals surface area contributed by atoms with Crippen molar-refractivity contribution in [2.45, 2.75) is 25.3 Å². The smallest absolute Gasteiger partial charge is 0.246 e. The molecule has 1 N–H and O–H groups in total. The number of carbonyl (C=O) groups excluding carboxylic acids is 2. The molecule has 0 spiro atoms. The summed E-state index contributed by atoms with van der Waals surface area (Å²) in [6.45, 7) is 1.32. The van der Waals surface area contributed by atoms with Crippen LogP contribution >= 0.6 is 15.9 Å². The number of nitrogens with one attached hydrogen (secondary N) is 1. The highest BCUT2D eigenvalue weighted by molar-refractivity contribution is 9.10. The molecule has 1 heterocycles. The topological polar surface area (TPSA) is 49.4 Å². The first-order chi connectivity index (χ1) is 10.6. The first-order valence-electron chi connectivity index (χ1n) is 7.65. The Morgan fingerprint density at radius 3 is 2.59 bits per heavy atom. The van der Waals surface area contributed by atoms with Crippen LogP contribution in [0.5, 0.6) is 0 Å². The molecular weight excluding hydrogens is 344 g/mol. The fourth-order valence-electron chi connectivity index (χ4n) is 2.59. The largest absolute Gasteiger partial charge is 0.351 e. The maximum absolute atomic E-state index is 12.2. The van der Waals surface area contributed by atoms with Gasteiger partial charge in [0.25, 0.3) is 0 Å². The number of halogens is 1. The summed E-state index contributed by atoms with van der Waals surface area (Å²) in [6.07, 6.45) is 6.30. The van der Waals surface area contributed by atoms with Crippen LogP contribution in [0.1, 0.15) is 24.8 Å². The summed E-state index contributed by atoms with van der Waals surface area (Å²) in [7, 11) is 0. The van der Waals surface area contributed by atoms with Gasteiger partial charge in [0.15, 0.2) is 0 Å². The number of benzene rings is 1. The maximum atomic E-state index is 12.2. The molecule has 1 atom stereocenters. The van der Waals surface area contributed by atoms with Crippen LogP contribution < -0.4 is 5.32 Å². The van der Waals surface area contributed by atoms with Gasteiger partial charge in [0, 0.05) is 35.6 Å². The summed E-state index contributed by atoms with van der Waals surface area (Å²) < 4.78 is 1.02. The molecule has 1 aliphatic carbocycles. The van der Waals surface area contributed by atoms with Crippen LogP contribution in [0.25, 0.3) is 6.08 Å². The Hall–Kier alpha value is -1.62. The molecule has 4 nitrogen and oxygen atoms in total. The highest BCUT2D eigenvalue weighted by Gasteiger charge is 2.33. The number of hydrogen-bond acceptors (Lipinski definition) is 2. The van der Waals surface area contributed by atoms with E-state index in [-0.39, 0.29) is 23.8 Å². The summed E-state index contributed by atoms with van der Waals surface area (Å²) in [5.74, 6) is 0.387. The monoisotopic (exact) mass is 362 g/mol. The van der Waals surface area contributed by atoms with Crippen molar-refractivity contribution < 1.29 is 9.59 Å². The van der Waals surface area contributed by atoms with Gasteiger partial charge in [-0.25, -0.2) is 0 Å². The van der Waals surface area contributed by atoms with Gasteiger partial charge in [-0.05, 0) is 43.0 Å². The van der Waals surface area contributed by atoms with Crippen molar-refractivity contribution in [1.82, 2.24) is 10.2 Å². The summed E-state index contributed by atoms with van der Waals surface area (Å²) in [5.41, 5.74) is 0.995. The van der Waals surface area contributed by atoms with Gasteiger partial charge in [-0.1, -0.05) is 28.1 Å². The van der Waals surface area contributed by atoms with Gasteiger partial charge in [0.05, 0.1) is 0 Å². The van der Waals surface area contributed by atoms with Gasteiger partial charge in [-0.15, -0.1) is 0 Å². The minimum atomic E-state index is 0.00564. The second-order valence-electron chi connectivity index (χ2n) is 5.94. The van der Waals surface area contributed by atoms with E-state index in [1.54, 1.807) is 11.0 Å². The molecule has 22 heavy (non-hydrogen) atoms. The lowest BCUT2D eigenvalue weighted by Gasteiger charge is -2.15. The normalized spacial score (nSPS) is 21.3. The molecule has 1 aromatic carbocycles. The second kappa shape index (κ2) is 6.65. The molecule has 3 rings (SSSR count). The molecule has 0 bridgehead atoms. The summed E-state index contributed by atoms with van der Waals surface area (Å²) >= 11 is 3.39. The van der Waals surface area contributed by atoms with Crippen molar-refractivity contribution in [3.8, 4) is 0 Å².